The number of thioether (sulfide) groups is 1. The summed E-state index contributed by atoms with van der Waals surface area (Å²) in [6, 6.07) is 9.83. The molecule has 0 aliphatic carbocycles. The third-order valence-electron chi connectivity index (χ3n) is 4.95. The van der Waals surface area contributed by atoms with Crippen molar-refractivity contribution in [3.8, 4) is 0 Å². The second kappa shape index (κ2) is 10.0. The first-order valence-electron chi connectivity index (χ1n) is 9.73. The number of hydrogen-bond acceptors (Lipinski definition) is 4. The predicted octanol–water partition coefficient (Wildman–Crippen LogP) is 4.46. The Kier molecular flexibility index (Phi) is 7.47. The number of rotatable bonds is 7. The number of likely N-dealkylation sites (tertiary alicyclic amines) is 1. The molecule has 27 heavy (non-hydrogen) atoms. The number of carbonyl (C=O) groups excluding carboxylic acids is 2. The Labute approximate surface area is 171 Å². The molecular formula is C21H26N2O2S2. The highest BCUT2D eigenvalue weighted by molar-refractivity contribution is 8.26. The van der Waals surface area contributed by atoms with Crippen LogP contribution in [0.1, 0.15) is 50.5 Å². The number of benzene rings is 1. The van der Waals surface area contributed by atoms with Gasteiger partial charge in [-0.05, 0) is 43.7 Å². The summed E-state index contributed by atoms with van der Waals surface area (Å²) in [7, 11) is 0. The molecule has 6 heteroatoms. The average molecular weight is 403 g/mol. The molecule has 0 N–H and O–H groups in total. The Balaban J connectivity index is 1.40. The molecule has 0 radical (unpaired) electrons. The monoisotopic (exact) mass is 402 g/mol. The van der Waals surface area contributed by atoms with Crippen LogP contribution in [0.2, 0.25) is 0 Å². The molecule has 1 aromatic carbocycles. The Morgan fingerprint density at radius 2 is 1.81 bits per heavy atom. The fourth-order valence-electron chi connectivity index (χ4n) is 3.42. The summed E-state index contributed by atoms with van der Waals surface area (Å²) in [4.78, 5) is 29.1. The summed E-state index contributed by atoms with van der Waals surface area (Å²) in [6.07, 6.45) is 8.72. The standard InChI is InChI=1S/C21H26N2O2S2/c24-19(22-13-7-3-8-14-22)12-6-2-9-15-23-20(25)18(27-21(23)26)16-17-10-4-1-5-11-17/h1,4-5,10-11,16H,2-3,6-9,12-15H2/b18-16-. The lowest BCUT2D eigenvalue weighted by Gasteiger charge is -2.26. The molecule has 2 aliphatic rings. The van der Waals surface area contributed by atoms with Gasteiger partial charge in [-0.1, -0.05) is 60.7 Å². The Morgan fingerprint density at radius 1 is 1.07 bits per heavy atom. The second-order valence-electron chi connectivity index (χ2n) is 7.00. The van der Waals surface area contributed by atoms with Gasteiger partial charge in [0.25, 0.3) is 5.91 Å². The van der Waals surface area contributed by atoms with E-state index in [4.69, 9.17) is 12.2 Å². The van der Waals surface area contributed by atoms with Crippen LogP contribution >= 0.6 is 24.0 Å². The first kappa shape index (κ1) is 20.1. The lowest BCUT2D eigenvalue weighted by atomic mass is 10.1. The number of nitrogens with zero attached hydrogens (tertiary/aromatic N) is 2. The van der Waals surface area contributed by atoms with E-state index in [0.717, 1.165) is 50.8 Å². The van der Waals surface area contributed by atoms with E-state index in [1.807, 2.05) is 41.3 Å². The molecule has 144 valence electrons. The van der Waals surface area contributed by atoms with Crippen molar-refractivity contribution < 1.29 is 9.59 Å². The lowest BCUT2D eigenvalue weighted by Crippen LogP contribution is -2.35. The highest BCUT2D eigenvalue weighted by Gasteiger charge is 2.31. The first-order valence-corrected chi connectivity index (χ1v) is 11.0. The zero-order valence-electron chi connectivity index (χ0n) is 15.6. The number of piperidine rings is 1. The fraction of sp³-hybridized carbons (Fsp3) is 0.476. The zero-order valence-corrected chi connectivity index (χ0v) is 17.2. The van der Waals surface area contributed by atoms with E-state index in [1.165, 1.54) is 18.2 Å². The van der Waals surface area contributed by atoms with Gasteiger partial charge in [0.15, 0.2) is 0 Å². The van der Waals surface area contributed by atoms with E-state index < -0.39 is 0 Å². The molecular weight excluding hydrogens is 376 g/mol. The number of thiocarbonyl (C=S) groups is 1. The van der Waals surface area contributed by atoms with Crippen LogP contribution in [0, 0.1) is 0 Å². The van der Waals surface area contributed by atoms with Gasteiger partial charge in [-0.15, -0.1) is 0 Å². The van der Waals surface area contributed by atoms with E-state index >= 15 is 0 Å². The predicted molar refractivity (Wildman–Crippen MR) is 115 cm³/mol. The van der Waals surface area contributed by atoms with Crippen molar-refractivity contribution in [2.24, 2.45) is 0 Å². The summed E-state index contributed by atoms with van der Waals surface area (Å²) in [6.45, 7) is 2.47. The molecule has 2 saturated heterocycles. The smallest absolute Gasteiger partial charge is 0.266 e. The van der Waals surface area contributed by atoms with Crippen LogP contribution in [0.5, 0.6) is 0 Å². The van der Waals surface area contributed by atoms with Crippen LogP contribution in [0.4, 0.5) is 0 Å². The van der Waals surface area contributed by atoms with E-state index in [0.29, 0.717) is 22.2 Å². The van der Waals surface area contributed by atoms with E-state index in [9.17, 15) is 9.59 Å². The normalized spacial score (nSPS) is 19.2. The van der Waals surface area contributed by atoms with Crippen LogP contribution in [-0.4, -0.2) is 45.6 Å². The van der Waals surface area contributed by atoms with Crippen molar-refractivity contribution in [2.45, 2.75) is 44.9 Å². The second-order valence-corrected chi connectivity index (χ2v) is 8.67. The Bertz CT molecular complexity index is 712. The summed E-state index contributed by atoms with van der Waals surface area (Å²) < 4.78 is 0.631. The lowest BCUT2D eigenvalue weighted by molar-refractivity contribution is -0.132. The largest absolute Gasteiger partial charge is 0.343 e. The van der Waals surface area contributed by atoms with Gasteiger partial charge in [0.1, 0.15) is 4.32 Å². The highest BCUT2D eigenvalue weighted by Crippen LogP contribution is 2.32. The van der Waals surface area contributed by atoms with Crippen LogP contribution < -0.4 is 0 Å². The summed E-state index contributed by atoms with van der Waals surface area (Å²) in [5.41, 5.74) is 1.01. The number of carbonyl (C=O) groups is 2. The van der Waals surface area contributed by atoms with Gasteiger partial charge in [0.2, 0.25) is 5.91 Å². The molecule has 0 aromatic heterocycles. The van der Waals surface area contributed by atoms with E-state index in [-0.39, 0.29) is 11.8 Å². The van der Waals surface area contributed by atoms with Gasteiger partial charge in [-0.25, -0.2) is 0 Å². The molecule has 2 amide bonds. The summed E-state index contributed by atoms with van der Waals surface area (Å²) >= 11 is 6.75. The molecule has 3 rings (SSSR count). The van der Waals surface area contributed by atoms with Crippen molar-refractivity contribution in [3.63, 3.8) is 0 Å². The maximum Gasteiger partial charge on any atom is 0.266 e. The van der Waals surface area contributed by atoms with Gasteiger partial charge in [0.05, 0.1) is 4.91 Å². The van der Waals surface area contributed by atoms with Gasteiger partial charge in [-0.3, -0.25) is 14.5 Å². The molecule has 0 unspecified atom stereocenters. The third kappa shape index (κ3) is 5.66. The molecule has 0 atom stereocenters. The quantitative estimate of drug-likeness (QED) is 0.384. The van der Waals surface area contributed by atoms with Crippen LogP contribution in [-0.2, 0) is 9.59 Å². The van der Waals surface area contributed by atoms with Crippen molar-refractivity contribution in [2.75, 3.05) is 19.6 Å². The Hall–Kier alpha value is -1.66. The van der Waals surface area contributed by atoms with Crippen molar-refractivity contribution in [1.29, 1.82) is 0 Å². The minimum Gasteiger partial charge on any atom is -0.343 e. The van der Waals surface area contributed by atoms with Gasteiger partial charge < -0.3 is 4.90 Å². The molecule has 0 saturated carbocycles. The van der Waals surface area contributed by atoms with Crippen molar-refractivity contribution in [3.05, 3.63) is 40.8 Å². The zero-order chi connectivity index (χ0) is 19.1. The molecule has 2 fully saturated rings. The van der Waals surface area contributed by atoms with Crippen LogP contribution in [0.15, 0.2) is 35.2 Å². The van der Waals surface area contributed by atoms with Gasteiger partial charge in [0, 0.05) is 26.1 Å². The molecule has 2 aliphatic heterocycles. The minimum atomic E-state index is -0.00162. The molecule has 0 bridgehead atoms. The third-order valence-corrected chi connectivity index (χ3v) is 6.33. The SMILES string of the molecule is O=C(CCCCCN1C(=O)/C(=C/c2ccccc2)SC1=S)N1CCCCC1. The number of hydrogen-bond donors (Lipinski definition) is 0. The van der Waals surface area contributed by atoms with Crippen LogP contribution in [0.25, 0.3) is 6.08 Å². The average Bonchev–Trinajstić information content (AvgIpc) is 2.96. The maximum atomic E-state index is 12.6. The maximum absolute atomic E-state index is 12.6. The van der Waals surface area contributed by atoms with E-state index in [1.54, 1.807) is 4.90 Å². The van der Waals surface area contributed by atoms with E-state index in [2.05, 4.69) is 0 Å². The first-order chi connectivity index (χ1) is 13.1. The summed E-state index contributed by atoms with van der Waals surface area (Å²) in [5, 5.41) is 0. The number of unbranched alkanes of at least 4 members (excludes halogenated alkanes) is 2. The molecule has 2 heterocycles. The highest BCUT2D eigenvalue weighted by atomic mass is 32.2. The Morgan fingerprint density at radius 3 is 2.56 bits per heavy atom. The number of amides is 2. The molecule has 4 nitrogen and oxygen atoms in total. The topological polar surface area (TPSA) is 40.6 Å². The fourth-order valence-corrected chi connectivity index (χ4v) is 4.73. The van der Waals surface area contributed by atoms with Gasteiger partial charge in [-0.2, -0.15) is 0 Å². The minimum absolute atomic E-state index is 0.00162. The van der Waals surface area contributed by atoms with Crippen LogP contribution in [0.3, 0.4) is 0 Å². The van der Waals surface area contributed by atoms with Crippen molar-refractivity contribution >= 4 is 46.2 Å². The summed E-state index contributed by atoms with van der Waals surface area (Å²) in [5.74, 6) is 0.282. The molecule has 0 spiro atoms. The van der Waals surface area contributed by atoms with Crippen molar-refractivity contribution in [1.82, 2.24) is 9.80 Å². The molecule has 1 aromatic rings. The van der Waals surface area contributed by atoms with Gasteiger partial charge >= 0.3 is 0 Å².